The average Bonchev–Trinajstić information content (AvgIpc) is 2.65. The second kappa shape index (κ2) is 7.04. The summed E-state index contributed by atoms with van der Waals surface area (Å²) in [5, 5.41) is 2.55. The van der Waals surface area contributed by atoms with Crippen LogP contribution < -0.4 is 19.7 Å². The Morgan fingerprint density at radius 2 is 1.88 bits per heavy atom. The minimum Gasteiger partial charge on any atom is -0.484 e. The molecule has 2 aromatic carbocycles. The average molecular weight is 326 g/mol. The zero-order valence-corrected chi connectivity index (χ0v) is 13.3. The zero-order chi connectivity index (χ0) is 16.9. The minimum absolute atomic E-state index is 0.112. The molecule has 0 saturated heterocycles. The fraction of sp³-hybridized carbons (Fsp3) is 0.222. The van der Waals surface area contributed by atoms with Gasteiger partial charge in [-0.1, -0.05) is 30.3 Å². The third kappa shape index (κ3) is 3.32. The summed E-state index contributed by atoms with van der Waals surface area (Å²) < 4.78 is 11.2. The first-order valence-electron chi connectivity index (χ1n) is 7.64. The van der Waals surface area contributed by atoms with Gasteiger partial charge in [0, 0.05) is 7.05 Å². The molecule has 2 amide bonds. The standard InChI is InChI=1S/C18H18N2O4/c1-19-18(22)16-11-20(14-9-5-6-10-15(14)24-16)17(21)12-23-13-7-3-2-4-8-13/h2-10,16H,11-12H2,1H3,(H,19,22)/t16-/m0/s1. The van der Waals surface area contributed by atoms with Crippen LogP contribution in [0.25, 0.3) is 0 Å². The highest BCUT2D eigenvalue weighted by Crippen LogP contribution is 2.33. The predicted molar refractivity (Wildman–Crippen MR) is 89.2 cm³/mol. The fourth-order valence-corrected chi connectivity index (χ4v) is 2.51. The largest absolute Gasteiger partial charge is 0.484 e. The van der Waals surface area contributed by atoms with Crippen molar-refractivity contribution in [3.63, 3.8) is 0 Å². The molecular formula is C18H18N2O4. The lowest BCUT2D eigenvalue weighted by molar-refractivity contribution is -0.128. The van der Waals surface area contributed by atoms with E-state index in [-0.39, 0.29) is 25.0 Å². The van der Waals surface area contributed by atoms with Crippen LogP contribution in [0.3, 0.4) is 0 Å². The molecule has 3 rings (SSSR count). The topological polar surface area (TPSA) is 67.9 Å². The van der Waals surface area contributed by atoms with Crippen LogP contribution in [-0.4, -0.2) is 38.1 Å². The van der Waals surface area contributed by atoms with Gasteiger partial charge in [0.1, 0.15) is 11.5 Å². The first kappa shape index (κ1) is 15.9. The highest BCUT2D eigenvalue weighted by molar-refractivity contribution is 5.98. The molecule has 124 valence electrons. The van der Waals surface area contributed by atoms with E-state index in [0.717, 1.165) is 0 Å². The Labute approximate surface area is 140 Å². The molecule has 0 unspecified atom stereocenters. The molecule has 6 heteroatoms. The van der Waals surface area contributed by atoms with Crippen molar-refractivity contribution in [2.75, 3.05) is 25.1 Å². The number of fused-ring (bicyclic) bond motifs is 1. The Bertz CT molecular complexity index is 733. The van der Waals surface area contributed by atoms with Crippen molar-refractivity contribution in [1.29, 1.82) is 0 Å². The van der Waals surface area contributed by atoms with Gasteiger partial charge in [0.15, 0.2) is 12.7 Å². The molecule has 0 aromatic heterocycles. The quantitative estimate of drug-likeness (QED) is 0.927. The number of hydrogen-bond donors (Lipinski definition) is 1. The van der Waals surface area contributed by atoms with E-state index < -0.39 is 6.10 Å². The molecule has 0 aliphatic carbocycles. The van der Waals surface area contributed by atoms with Crippen LogP contribution >= 0.6 is 0 Å². The summed E-state index contributed by atoms with van der Waals surface area (Å²) in [6, 6.07) is 16.3. The lowest BCUT2D eigenvalue weighted by Gasteiger charge is -2.33. The first-order valence-corrected chi connectivity index (χ1v) is 7.64. The van der Waals surface area contributed by atoms with E-state index in [9.17, 15) is 9.59 Å². The Morgan fingerprint density at radius 3 is 2.62 bits per heavy atom. The van der Waals surface area contributed by atoms with E-state index in [4.69, 9.17) is 9.47 Å². The molecule has 24 heavy (non-hydrogen) atoms. The number of para-hydroxylation sites is 3. The van der Waals surface area contributed by atoms with E-state index in [0.29, 0.717) is 17.2 Å². The normalized spacial score (nSPS) is 15.9. The molecule has 1 heterocycles. The molecule has 0 fully saturated rings. The number of carbonyl (C=O) groups is 2. The molecule has 2 aromatic rings. The van der Waals surface area contributed by atoms with Gasteiger partial charge in [0.05, 0.1) is 12.2 Å². The number of nitrogens with zero attached hydrogens (tertiary/aromatic N) is 1. The van der Waals surface area contributed by atoms with Crippen molar-refractivity contribution >= 4 is 17.5 Å². The van der Waals surface area contributed by atoms with Gasteiger partial charge in [-0.3, -0.25) is 9.59 Å². The highest BCUT2D eigenvalue weighted by Gasteiger charge is 2.33. The van der Waals surface area contributed by atoms with Gasteiger partial charge in [-0.2, -0.15) is 0 Å². The number of anilines is 1. The molecule has 1 aliphatic rings. The lowest BCUT2D eigenvalue weighted by Crippen LogP contribution is -2.51. The van der Waals surface area contributed by atoms with Crippen LogP contribution in [0.2, 0.25) is 0 Å². The SMILES string of the molecule is CNC(=O)[C@@H]1CN(C(=O)COc2ccccc2)c2ccccc2O1. The highest BCUT2D eigenvalue weighted by atomic mass is 16.5. The molecular weight excluding hydrogens is 308 g/mol. The Hall–Kier alpha value is -3.02. The summed E-state index contributed by atoms with van der Waals surface area (Å²) in [4.78, 5) is 26.1. The van der Waals surface area contributed by atoms with Crippen LogP contribution in [-0.2, 0) is 9.59 Å². The maximum absolute atomic E-state index is 12.6. The van der Waals surface area contributed by atoms with Crippen LogP contribution in [0.1, 0.15) is 0 Å². The summed E-state index contributed by atoms with van der Waals surface area (Å²) in [5.74, 6) is 0.621. The fourth-order valence-electron chi connectivity index (χ4n) is 2.51. The van der Waals surface area contributed by atoms with E-state index in [2.05, 4.69) is 5.32 Å². The van der Waals surface area contributed by atoms with Gasteiger partial charge in [0.25, 0.3) is 11.8 Å². The molecule has 0 spiro atoms. The van der Waals surface area contributed by atoms with Gasteiger partial charge in [-0.25, -0.2) is 0 Å². The van der Waals surface area contributed by atoms with E-state index in [1.54, 1.807) is 30.3 Å². The molecule has 0 saturated carbocycles. The number of carbonyl (C=O) groups excluding carboxylic acids is 2. The number of rotatable bonds is 4. The second-order valence-corrected chi connectivity index (χ2v) is 5.29. The molecule has 1 atom stereocenters. The molecule has 0 radical (unpaired) electrons. The van der Waals surface area contributed by atoms with Crippen molar-refractivity contribution < 1.29 is 19.1 Å². The van der Waals surface area contributed by atoms with E-state index >= 15 is 0 Å². The van der Waals surface area contributed by atoms with Gasteiger partial charge in [0.2, 0.25) is 0 Å². The number of benzene rings is 2. The predicted octanol–water partition coefficient (Wildman–Crippen LogP) is 1.61. The van der Waals surface area contributed by atoms with Crippen molar-refractivity contribution in [3.05, 3.63) is 54.6 Å². The molecule has 6 nitrogen and oxygen atoms in total. The van der Waals surface area contributed by atoms with E-state index in [1.807, 2.05) is 24.3 Å². The van der Waals surface area contributed by atoms with Crippen molar-refractivity contribution in [3.8, 4) is 11.5 Å². The summed E-state index contributed by atoms with van der Waals surface area (Å²) in [5.41, 5.74) is 0.638. The summed E-state index contributed by atoms with van der Waals surface area (Å²) in [6.07, 6.45) is -0.745. The van der Waals surface area contributed by atoms with Gasteiger partial charge < -0.3 is 19.7 Å². The van der Waals surface area contributed by atoms with E-state index in [1.165, 1.54) is 11.9 Å². The molecule has 0 bridgehead atoms. The van der Waals surface area contributed by atoms with Gasteiger partial charge >= 0.3 is 0 Å². The maximum atomic E-state index is 12.6. The van der Waals surface area contributed by atoms with Crippen molar-refractivity contribution in [2.24, 2.45) is 0 Å². The Balaban J connectivity index is 1.77. The number of likely N-dealkylation sites (N-methyl/N-ethyl adjacent to an activating group) is 1. The third-order valence-corrected chi connectivity index (χ3v) is 3.72. The first-order chi connectivity index (χ1) is 11.7. The smallest absolute Gasteiger partial charge is 0.265 e. The Kier molecular flexibility index (Phi) is 4.65. The van der Waals surface area contributed by atoms with Crippen LogP contribution in [0.4, 0.5) is 5.69 Å². The molecule has 1 aliphatic heterocycles. The summed E-state index contributed by atoms with van der Waals surface area (Å²) in [6.45, 7) is 0.0342. The molecule has 1 N–H and O–H groups in total. The van der Waals surface area contributed by atoms with Crippen LogP contribution in [0.15, 0.2) is 54.6 Å². The lowest BCUT2D eigenvalue weighted by atomic mass is 10.1. The number of hydrogen-bond acceptors (Lipinski definition) is 4. The maximum Gasteiger partial charge on any atom is 0.265 e. The van der Waals surface area contributed by atoms with Crippen molar-refractivity contribution in [2.45, 2.75) is 6.10 Å². The minimum atomic E-state index is -0.745. The zero-order valence-electron chi connectivity index (χ0n) is 13.3. The van der Waals surface area contributed by atoms with Gasteiger partial charge in [-0.05, 0) is 24.3 Å². The summed E-state index contributed by atoms with van der Waals surface area (Å²) in [7, 11) is 1.54. The van der Waals surface area contributed by atoms with Gasteiger partial charge in [-0.15, -0.1) is 0 Å². The number of ether oxygens (including phenoxy) is 2. The summed E-state index contributed by atoms with van der Waals surface area (Å²) >= 11 is 0. The van der Waals surface area contributed by atoms with Crippen molar-refractivity contribution in [1.82, 2.24) is 5.32 Å². The second-order valence-electron chi connectivity index (χ2n) is 5.29. The number of nitrogens with one attached hydrogen (secondary N) is 1. The van der Waals surface area contributed by atoms with Crippen LogP contribution in [0, 0.1) is 0 Å². The van der Waals surface area contributed by atoms with Crippen LogP contribution in [0.5, 0.6) is 11.5 Å². The third-order valence-electron chi connectivity index (χ3n) is 3.72. The number of amides is 2. The monoisotopic (exact) mass is 326 g/mol. The Morgan fingerprint density at radius 1 is 1.17 bits per heavy atom.